The Balaban J connectivity index is 2.01. The predicted molar refractivity (Wildman–Crippen MR) is 82.7 cm³/mol. The van der Waals surface area contributed by atoms with Crippen molar-refractivity contribution in [2.75, 3.05) is 33.7 Å². The zero-order chi connectivity index (χ0) is 14.5. The summed E-state index contributed by atoms with van der Waals surface area (Å²) in [5.74, 6) is 0.824. The monoisotopic (exact) mass is 281 g/mol. The van der Waals surface area contributed by atoms with E-state index in [4.69, 9.17) is 0 Å². The molecule has 0 bridgehead atoms. The summed E-state index contributed by atoms with van der Waals surface area (Å²) < 4.78 is 0. The van der Waals surface area contributed by atoms with Crippen LogP contribution in [0, 0.1) is 5.92 Å². The van der Waals surface area contributed by atoms with E-state index in [-0.39, 0.29) is 6.04 Å². The average Bonchev–Trinajstić information content (AvgIpc) is 2.93. The lowest BCUT2D eigenvalue weighted by molar-refractivity contribution is -0.137. The number of nitrogens with one attached hydrogen (secondary N) is 1. The molecule has 2 aliphatic rings. The molecule has 1 amide bonds. The zero-order valence-electron chi connectivity index (χ0n) is 13.4. The van der Waals surface area contributed by atoms with Crippen LogP contribution in [0.2, 0.25) is 0 Å². The lowest BCUT2D eigenvalue weighted by Gasteiger charge is -2.37. The van der Waals surface area contributed by atoms with E-state index < -0.39 is 0 Å². The first-order chi connectivity index (χ1) is 9.59. The van der Waals surface area contributed by atoms with Gasteiger partial charge in [0.1, 0.15) is 0 Å². The molecule has 0 aromatic heterocycles. The molecular formula is C16H31N3O. The number of hydrogen-bond acceptors (Lipinski definition) is 3. The van der Waals surface area contributed by atoms with E-state index in [2.05, 4.69) is 36.1 Å². The lowest BCUT2D eigenvalue weighted by atomic mass is 9.91. The third kappa shape index (κ3) is 3.95. The first kappa shape index (κ1) is 15.8. The van der Waals surface area contributed by atoms with Gasteiger partial charge in [0.25, 0.3) is 0 Å². The Morgan fingerprint density at radius 1 is 1.10 bits per heavy atom. The van der Waals surface area contributed by atoms with Crippen molar-refractivity contribution in [3.05, 3.63) is 0 Å². The standard InChI is InChI=1S/C16H31N3O/c1-13-7-6-10-17-15(13)16(20)19(12-11-18(2)3)14-8-4-5-9-14/h13-15,17H,4-12H2,1-3H3. The van der Waals surface area contributed by atoms with E-state index in [0.717, 1.165) is 19.6 Å². The van der Waals surface area contributed by atoms with Crippen LogP contribution in [0.5, 0.6) is 0 Å². The highest BCUT2D eigenvalue weighted by atomic mass is 16.2. The van der Waals surface area contributed by atoms with Crippen LogP contribution < -0.4 is 5.32 Å². The Kier molecular flexibility index (Phi) is 5.85. The fraction of sp³-hybridized carbons (Fsp3) is 0.938. The Labute approximate surface area is 123 Å². The van der Waals surface area contributed by atoms with Gasteiger partial charge in [-0.1, -0.05) is 19.8 Å². The maximum Gasteiger partial charge on any atom is 0.240 e. The minimum Gasteiger partial charge on any atom is -0.337 e. The zero-order valence-corrected chi connectivity index (χ0v) is 13.4. The van der Waals surface area contributed by atoms with Crippen LogP contribution in [0.25, 0.3) is 0 Å². The average molecular weight is 281 g/mol. The summed E-state index contributed by atoms with van der Waals surface area (Å²) in [6.07, 6.45) is 7.33. The van der Waals surface area contributed by atoms with E-state index in [1.165, 1.54) is 38.5 Å². The van der Waals surface area contributed by atoms with Crippen molar-refractivity contribution in [2.24, 2.45) is 5.92 Å². The second-order valence-electron chi connectivity index (χ2n) is 6.82. The molecule has 1 saturated carbocycles. The third-order valence-electron chi connectivity index (χ3n) is 4.87. The summed E-state index contributed by atoms with van der Waals surface area (Å²) >= 11 is 0. The van der Waals surface area contributed by atoms with E-state index >= 15 is 0 Å². The van der Waals surface area contributed by atoms with Gasteiger partial charge in [0.15, 0.2) is 0 Å². The smallest absolute Gasteiger partial charge is 0.240 e. The lowest BCUT2D eigenvalue weighted by Crippen LogP contribution is -2.55. The molecule has 0 aromatic rings. The van der Waals surface area contributed by atoms with Crippen LogP contribution in [0.15, 0.2) is 0 Å². The van der Waals surface area contributed by atoms with Crippen LogP contribution in [0.4, 0.5) is 0 Å². The number of piperidine rings is 1. The van der Waals surface area contributed by atoms with E-state index in [1.807, 2.05) is 0 Å². The number of rotatable bonds is 5. The van der Waals surface area contributed by atoms with Crippen molar-refractivity contribution < 1.29 is 4.79 Å². The molecule has 1 saturated heterocycles. The molecular weight excluding hydrogens is 250 g/mol. The number of likely N-dealkylation sites (N-methyl/N-ethyl adjacent to an activating group) is 1. The molecule has 1 aliphatic heterocycles. The maximum atomic E-state index is 13.0. The predicted octanol–water partition coefficient (Wildman–Crippen LogP) is 1.71. The molecule has 2 fully saturated rings. The van der Waals surface area contributed by atoms with E-state index in [0.29, 0.717) is 17.9 Å². The number of amides is 1. The van der Waals surface area contributed by atoms with E-state index in [9.17, 15) is 4.79 Å². The van der Waals surface area contributed by atoms with Crippen molar-refractivity contribution >= 4 is 5.91 Å². The summed E-state index contributed by atoms with van der Waals surface area (Å²) in [5, 5.41) is 3.46. The van der Waals surface area contributed by atoms with Gasteiger partial charge in [0.2, 0.25) is 5.91 Å². The Bertz CT molecular complexity index is 313. The van der Waals surface area contributed by atoms with Crippen LogP contribution in [0.1, 0.15) is 45.4 Å². The number of nitrogens with zero attached hydrogens (tertiary/aromatic N) is 2. The summed E-state index contributed by atoms with van der Waals surface area (Å²) in [5.41, 5.74) is 0. The van der Waals surface area contributed by atoms with Crippen molar-refractivity contribution in [1.29, 1.82) is 0 Å². The van der Waals surface area contributed by atoms with Gasteiger partial charge in [0, 0.05) is 19.1 Å². The Hall–Kier alpha value is -0.610. The normalized spacial score (nSPS) is 28.0. The topological polar surface area (TPSA) is 35.6 Å². The second kappa shape index (κ2) is 7.41. The molecule has 2 rings (SSSR count). The van der Waals surface area contributed by atoms with Gasteiger partial charge < -0.3 is 15.1 Å². The van der Waals surface area contributed by atoms with Crippen LogP contribution in [-0.4, -0.2) is 61.5 Å². The van der Waals surface area contributed by atoms with Gasteiger partial charge in [-0.25, -0.2) is 0 Å². The summed E-state index contributed by atoms with van der Waals surface area (Å²) in [6, 6.07) is 0.532. The fourth-order valence-electron chi connectivity index (χ4n) is 3.56. The highest BCUT2D eigenvalue weighted by Crippen LogP contribution is 2.26. The van der Waals surface area contributed by atoms with Gasteiger partial charge in [-0.05, 0) is 52.2 Å². The molecule has 116 valence electrons. The van der Waals surface area contributed by atoms with Crippen molar-refractivity contribution in [1.82, 2.24) is 15.1 Å². The molecule has 20 heavy (non-hydrogen) atoms. The van der Waals surface area contributed by atoms with Crippen molar-refractivity contribution in [2.45, 2.75) is 57.5 Å². The second-order valence-corrected chi connectivity index (χ2v) is 6.82. The molecule has 0 aromatic carbocycles. The highest BCUT2D eigenvalue weighted by molar-refractivity contribution is 5.82. The molecule has 2 atom stereocenters. The highest BCUT2D eigenvalue weighted by Gasteiger charge is 2.34. The maximum absolute atomic E-state index is 13.0. The molecule has 2 unspecified atom stereocenters. The number of hydrogen-bond donors (Lipinski definition) is 1. The number of carbonyl (C=O) groups is 1. The molecule has 1 heterocycles. The molecule has 4 heteroatoms. The number of carbonyl (C=O) groups excluding carboxylic acids is 1. The quantitative estimate of drug-likeness (QED) is 0.833. The summed E-state index contributed by atoms with van der Waals surface area (Å²) in [6.45, 7) is 5.05. The minimum atomic E-state index is 0.0477. The van der Waals surface area contributed by atoms with Gasteiger partial charge in [-0.3, -0.25) is 4.79 Å². The van der Waals surface area contributed by atoms with Crippen molar-refractivity contribution in [3.8, 4) is 0 Å². The molecule has 4 nitrogen and oxygen atoms in total. The van der Waals surface area contributed by atoms with Crippen LogP contribution >= 0.6 is 0 Å². The van der Waals surface area contributed by atoms with E-state index in [1.54, 1.807) is 0 Å². The van der Waals surface area contributed by atoms with Crippen LogP contribution in [-0.2, 0) is 4.79 Å². The van der Waals surface area contributed by atoms with Crippen molar-refractivity contribution in [3.63, 3.8) is 0 Å². The Morgan fingerprint density at radius 2 is 1.80 bits per heavy atom. The largest absolute Gasteiger partial charge is 0.337 e. The molecule has 0 spiro atoms. The minimum absolute atomic E-state index is 0.0477. The first-order valence-electron chi connectivity index (χ1n) is 8.28. The van der Waals surface area contributed by atoms with Gasteiger partial charge in [-0.15, -0.1) is 0 Å². The SMILES string of the molecule is CC1CCCNC1C(=O)N(CCN(C)C)C1CCCC1. The van der Waals surface area contributed by atoms with Crippen LogP contribution in [0.3, 0.4) is 0 Å². The first-order valence-corrected chi connectivity index (χ1v) is 8.28. The Morgan fingerprint density at radius 3 is 2.40 bits per heavy atom. The summed E-state index contributed by atoms with van der Waals surface area (Å²) in [7, 11) is 4.16. The third-order valence-corrected chi connectivity index (χ3v) is 4.87. The summed E-state index contributed by atoms with van der Waals surface area (Å²) in [4.78, 5) is 17.3. The molecule has 1 N–H and O–H groups in total. The fourth-order valence-corrected chi connectivity index (χ4v) is 3.56. The van der Waals surface area contributed by atoms with Gasteiger partial charge >= 0.3 is 0 Å². The molecule has 1 aliphatic carbocycles. The van der Waals surface area contributed by atoms with Gasteiger partial charge in [0.05, 0.1) is 6.04 Å². The molecule has 0 radical (unpaired) electrons. The van der Waals surface area contributed by atoms with Gasteiger partial charge in [-0.2, -0.15) is 0 Å².